The number of aromatic nitrogens is 3. The lowest BCUT2D eigenvalue weighted by Crippen LogP contribution is -2.22. The van der Waals surface area contributed by atoms with E-state index < -0.39 is 15.9 Å². The Morgan fingerprint density at radius 3 is 2.59 bits per heavy atom. The predicted octanol–water partition coefficient (Wildman–Crippen LogP) is 4.23. The number of rotatable bonds is 6. The van der Waals surface area contributed by atoms with Crippen LogP contribution in [0.25, 0.3) is 21.3 Å². The van der Waals surface area contributed by atoms with E-state index in [4.69, 9.17) is 16.3 Å². The van der Waals surface area contributed by atoms with Crippen molar-refractivity contribution in [3.05, 3.63) is 59.1 Å². The lowest BCUT2D eigenvalue weighted by atomic mass is 10.0. The minimum Gasteiger partial charge on any atom is -0.494 e. The number of pyridine rings is 2. The van der Waals surface area contributed by atoms with Gasteiger partial charge in [0, 0.05) is 37.1 Å². The fraction of sp³-hybridized carbons (Fsp3) is 0.182. The van der Waals surface area contributed by atoms with Gasteiger partial charge in [-0.15, -0.1) is 0 Å². The molecule has 0 aliphatic heterocycles. The van der Waals surface area contributed by atoms with Crippen molar-refractivity contribution in [2.24, 2.45) is 0 Å². The van der Waals surface area contributed by atoms with Crippen molar-refractivity contribution < 1.29 is 17.9 Å². The Hall–Kier alpha value is -3.12. The SMILES string of the molecule is COc1cnc(Cl)cc1-c1cc(C)ncc1C(=O)Nc1nc2ccc(S(=O)(=O)N(C)C)cc2s1. The molecule has 0 atom stereocenters. The number of anilines is 1. The van der Waals surface area contributed by atoms with Gasteiger partial charge in [0.1, 0.15) is 10.9 Å². The van der Waals surface area contributed by atoms with Crippen LogP contribution in [0, 0.1) is 6.92 Å². The normalized spacial score (nSPS) is 11.7. The zero-order chi connectivity index (χ0) is 24.6. The molecule has 1 aromatic carbocycles. The number of nitrogens with one attached hydrogen (secondary N) is 1. The highest BCUT2D eigenvalue weighted by molar-refractivity contribution is 7.89. The molecule has 0 unspecified atom stereocenters. The number of methoxy groups -OCH3 is 1. The summed E-state index contributed by atoms with van der Waals surface area (Å²) in [4.78, 5) is 26.1. The number of benzene rings is 1. The monoisotopic (exact) mass is 517 g/mol. The highest BCUT2D eigenvalue weighted by atomic mass is 35.5. The number of hydrogen-bond donors (Lipinski definition) is 1. The summed E-state index contributed by atoms with van der Waals surface area (Å²) in [7, 11) is 0.858. The summed E-state index contributed by atoms with van der Waals surface area (Å²) in [5, 5.41) is 3.37. The third-order valence-corrected chi connectivity index (χ3v) is 7.94. The maximum Gasteiger partial charge on any atom is 0.259 e. The van der Waals surface area contributed by atoms with Crippen LogP contribution in [-0.4, -0.2) is 54.8 Å². The van der Waals surface area contributed by atoms with E-state index in [1.165, 1.54) is 51.0 Å². The number of thiazole rings is 1. The average molecular weight is 518 g/mol. The lowest BCUT2D eigenvalue weighted by Gasteiger charge is -2.13. The predicted molar refractivity (Wildman–Crippen MR) is 132 cm³/mol. The van der Waals surface area contributed by atoms with Crippen LogP contribution in [-0.2, 0) is 10.0 Å². The van der Waals surface area contributed by atoms with Crippen LogP contribution in [0.4, 0.5) is 5.13 Å². The summed E-state index contributed by atoms with van der Waals surface area (Å²) in [5.74, 6) is 0.0244. The van der Waals surface area contributed by atoms with Crippen LogP contribution in [0.2, 0.25) is 5.15 Å². The number of aryl methyl sites for hydroxylation is 1. The molecule has 0 aliphatic rings. The number of ether oxygens (including phenoxy) is 1. The third-order valence-electron chi connectivity index (χ3n) is 4.99. The molecule has 3 aromatic heterocycles. The first-order valence-corrected chi connectivity index (χ1v) is 12.5. The molecule has 0 saturated heterocycles. The Morgan fingerprint density at radius 1 is 1.12 bits per heavy atom. The van der Waals surface area contributed by atoms with E-state index in [2.05, 4.69) is 20.3 Å². The molecule has 3 heterocycles. The van der Waals surface area contributed by atoms with E-state index in [-0.39, 0.29) is 10.0 Å². The lowest BCUT2D eigenvalue weighted by molar-refractivity contribution is 0.102. The average Bonchev–Trinajstić information content (AvgIpc) is 3.20. The second-order valence-electron chi connectivity index (χ2n) is 7.47. The van der Waals surface area contributed by atoms with Crippen LogP contribution < -0.4 is 10.1 Å². The quantitative estimate of drug-likeness (QED) is 0.381. The van der Waals surface area contributed by atoms with E-state index in [1.807, 2.05) is 6.92 Å². The molecular weight excluding hydrogens is 498 g/mol. The fourth-order valence-electron chi connectivity index (χ4n) is 3.25. The molecule has 34 heavy (non-hydrogen) atoms. The second kappa shape index (κ2) is 9.26. The van der Waals surface area contributed by atoms with Gasteiger partial charge in [0.2, 0.25) is 10.0 Å². The Morgan fingerprint density at radius 2 is 1.88 bits per heavy atom. The highest BCUT2D eigenvalue weighted by Gasteiger charge is 2.21. The van der Waals surface area contributed by atoms with Gasteiger partial charge in [0.15, 0.2) is 5.13 Å². The summed E-state index contributed by atoms with van der Waals surface area (Å²) in [5.41, 5.74) is 2.74. The first-order valence-electron chi connectivity index (χ1n) is 9.91. The van der Waals surface area contributed by atoms with Gasteiger partial charge in [-0.2, -0.15) is 0 Å². The van der Waals surface area contributed by atoms with E-state index in [1.54, 1.807) is 24.3 Å². The number of carbonyl (C=O) groups is 1. The summed E-state index contributed by atoms with van der Waals surface area (Å²) >= 11 is 7.27. The van der Waals surface area contributed by atoms with Gasteiger partial charge in [-0.3, -0.25) is 15.1 Å². The zero-order valence-corrected chi connectivity index (χ0v) is 21.0. The number of hydrogen-bond acceptors (Lipinski definition) is 8. The number of halogens is 1. The minimum atomic E-state index is -3.59. The molecule has 0 fully saturated rings. The van der Waals surface area contributed by atoms with E-state index in [0.717, 1.165) is 4.31 Å². The summed E-state index contributed by atoms with van der Waals surface area (Å²) < 4.78 is 32.0. The van der Waals surface area contributed by atoms with Crippen LogP contribution in [0.3, 0.4) is 0 Å². The maximum absolute atomic E-state index is 13.2. The topological polar surface area (TPSA) is 114 Å². The van der Waals surface area contributed by atoms with Crippen LogP contribution in [0.15, 0.2) is 47.6 Å². The Labute approximate surface area is 205 Å². The molecule has 4 aromatic rings. The summed E-state index contributed by atoms with van der Waals surface area (Å²) in [6, 6.07) is 8.03. The van der Waals surface area contributed by atoms with Crippen LogP contribution in [0.5, 0.6) is 5.75 Å². The number of nitrogens with zero attached hydrogens (tertiary/aromatic N) is 4. The molecule has 176 valence electrons. The van der Waals surface area contributed by atoms with Gasteiger partial charge >= 0.3 is 0 Å². The molecule has 0 bridgehead atoms. The van der Waals surface area contributed by atoms with Crippen molar-refractivity contribution in [2.45, 2.75) is 11.8 Å². The van der Waals surface area contributed by atoms with Gasteiger partial charge in [-0.05, 0) is 37.3 Å². The molecular formula is C22H20ClN5O4S2. The van der Waals surface area contributed by atoms with Crippen molar-refractivity contribution in [1.29, 1.82) is 0 Å². The fourth-order valence-corrected chi connectivity index (χ4v) is 5.31. The van der Waals surface area contributed by atoms with Crippen molar-refractivity contribution >= 4 is 54.2 Å². The Bertz CT molecular complexity index is 1520. The van der Waals surface area contributed by atoms with Gasteiger partial charge in [-0.1, -0.05) is 22.9 Å². The van der Waals surface area contributed by atoms with Crippen molar-refractivity contribution in [1.82, 2.24) is 19.3 Å². The molecule has 12 heteroatoms. The molecule has 1 N–H and O–H groups in total. The summed E-state index contributed by atoms with van der Waals surface area (Å²) in [6.07, 6.45) is 2.96. The maximum atomic E-state index is 13.2. The molecule has 0 saturated carbocycles. The van der Waals surface area contributed by atoms with Gasteiger partial charge in [0.25, 0.3) is 5.91 Å². The molecule has 0 aliphatic carbocycles. The first-order chi connectivity index (χ1) is 16.1. The molecule has 1 amide bonds. The van der Waals surface area contributed by atoms with Gasteiger partial charge < -0.3 is 4.74 Å². The smallest absolute Gasteiger partial charge is 0.259 e. The minimum absolute atomic E-state index is 0.151. The Kier molecular flexibility index (Phi) is 6.54. The van der Waals surface area contributed by atoms with Gasteiger partial charge in [-0.25, -0.2) is 22.7 Å². The number of amides is 1. The number of fused-ring (bicyclic) bond motifs is 1. The third kappa shape index (κ3) is 4.60. The largest absolute Gasteiger partial charge is 0.494 e. The van der Waals surface area contributed by atoms with Crippen LogP contribution >= 0.6 is 22.9 Å². The summed E-state index contributed by atoms with van der Waals surface area (Å²) in [6.45, 7) is 1.81. The van der Waals surface area contributed by atoms with E-state index >= 15 is 0 Å². The number of carbonyl (C=O) groups excluding carboxylic acids is 1. The molecule has 9 nitrogen and oxygen atoms in total. The van der Waals surface area contributed by atoms with Crippen molar-refractivity contribution in [2.75, 3.05) is 26.5 Å². The van der Waals surface area contributed by atoms with Crippen LogP contribution in [0.1, 0.15) is 16.1 Å². The second-order valence-corrected chi connectivity index (χ2v) is 11.0. The van der Waals surface area contributed by atoms with Crippen molar-refractivity contribution in [3.8, 4) is 16.9 Å². The Balaban J connectivity index is 1.71. The zero-order valence-electron chi connectivity index (χ0n) is 18.7. The first kappa shape index (κ1) is 24.0. The van der Waals surface area contributed by atoms with E-state index in [0.29, 0.717) is 43.5 Å². The standard InChI is InChI=1S/C22H20ClN5O4S2/c1-12-7-14(15-9-20(23)25-11-18(15)32-4)16(10-24-12)21(29)27-22-26-17-6-5-13(8-19(17)33-22)34(30,31)28(2)3/h5-11H,1-4H3,(H,26,27,29). The highest BCUT2D eigenvalue weighted by Crippen LogP contribution is 2.35. The number of sulfonamides is 1. The van der Waals surface area contributed by atoms with E-state index in [9.17, 15) is 13.2 Å². The molecule has 0 spiro atoms. The molecule has 0 radical (unpaired) electrons. The van der Waals surface area contributed by atoms with Crippen molar-refractivity contribution in [3.63, 3.8) is 0 Å². The van der Waals surface area contributed by atoms with Gasteiger partial charge in [0.05, 0.1) is 34.0 Å². The molecule has 4 rings (SSSR count).